The van der Waals surface area contributed by atoms with Gasteiger partial charge in [-0.3, -0.25) is 4.79 Å². The fraction of sp³-hybridized carbons (Fsp3) is 0.900. The highest BCUT2D eigenvalue weighted by Crippen LogP contribution is 2.24. The lowest BCUT2D eigenvalue weighted by Gasteiger charge is -2.16. The van der Waals surface area contributed by atoms with Gasteiger partial charge in [-0.15, -0.1) is 0 Å². The Bertz CT molecular complexity index is 144. The molecule has 13 heavy (non-hydrogen) atoms. The third kappa shape index (κ3) is 5.97. The molecule has 0 heterocycles. The summed E-state index contributed by atoms with van der Waals surface area (Å²) >= 11 is 1.89. The van der Waals surface area contributed by atoms with Gasteiger partial charge in [0, 0.05) is 10.5 Å². The van der Waals surface area contributed by atoms with Gasteiger partial charge in [0.05, 0.1) is 13.5 Å². The van der Waals surface area contributed by atoms with E-state index in [1.165, 1.54) is 20.0 Å². The van der Waals surface area contributed by atoms with Gasteiger partial charge >= 0.3 is 5.97 Å². The molecule has 0 saturated heterocycles. The van der Waals surface area contributed by atoms with Crippen LogP contribution in [0.1, 0.15) is 40.0 Å². The molecule has 2 nitrogen and oxygen atoms in total. The van der Waals surface area contributed by atoms with Crippen molar-refractivity contribution in [2.75, 3.05) is 7.11 Å². The zero-order chi connectivity index (χ0) is 10.3. The van der Waals surface area contributed by atoms with Crippen molar-refractivity contribution >= 4 is 17.7 Å². The summed E-state index contributed by atoms with van der Waals surface area (Å²) < 4.78 is 4.62. The van der Waals surface area contributed by atoms with Crippen molar-refractivity contribution in [3.05, 3.63) is 0 Å². The highest BCUT2D eigenvalue weighted by Gasteiger charge is 2.13. The second kappa shape index (κ2) is 7.25. The zero-order valence-corrected chi connectivity index (χ0v) is 9.82. The van der Waals surface area contributed by atoms with Crippen LogP contribution in [0.5, 0.6) is 0 Å². The standard InChI is InChI=1S/C10H20O2S/c1-5-9(6-2)13-8(3)7-10(11)12-4/h8-9H,5-7H2,1-4H3. The molecule has 0 radical (unpaired) electrons. The molecule has 3 heteroatoms. The molecule has 0 aromatic carbocycles. The monoisotopic (exact) mass is 204 g/mol. The van der Waals surface area contributed by atoms with Crippen molar-refractivity contribution in [2.45, 2.75) is 50.5 Å². The van der Waals surface area contributed by atoms with E-state index in [0.717, 1.165) is 0 Å². The van der Waals surface area contributed by atoms with Crippen LogP contribution < -0.4 is 0 Å². The number of thioether (sulfide) groups is 1. The number of hydrogen-bond donors (Lipinski definition) is 0. The molecule has 1 atom stereocenters. The van der Waals surface area contributed by atoms with Crippen molar-refractivity contribution in [1.82, 2.24) is 0 Å². The average Bonchev–Trinajstić information content (AvgIpc) is 2.13. The Hall–Kier alpha value is -0.180. The minimum absolute atomic E-state index is 0.106. The molecule has 0 N–H and O–H groups in total. The van der Waals surface area contributed by atoms with Crippen LogP contribution >= 0.6 is 11.8 Å². The maximum Gasteiger partial charge on any atom is 0.306 e. The second-order valence-electron chi connectivity index (χ2n) is 3.17. The summed E-state index contributed by atoms with van der Waals surface area (Å²) in [6.07, 6.45) is 2.87. The first kappa shape index (κ1) is 12.8. The molecule has 0 spiro atoms. The molecule has 0 aliphatic rings. The lowest BCUT2D eigenvalue weighted by molar-refractivity contribution is -0.140. The minimum atomic E-state index is -0.106. The number of carbonyl (C=O) groups excluding carboxylic acids is 1. The van der Waals surface area contributed by atoms with Crippen molar-refractivity contribution in [3.8, 4) is 0 Å². The van der Waals surface area contributed by atoms with E-state index in [1.54, 1.807) is 0 Å². The first-order chi connectivity index (χ1) is 6.13. The van der Waals surface area contributed by atoms with Gasteiger partial charge < -0.3 is 4.74 Å². The second-order valence-corrected chi connectivity index (χ2v) is 4.91. The van der Waals surface area contributed by atoms with Gasteiger partial charge in [0.25, 0.3) is 0 Å². The Kier molecular flexibility index (Phi) is 7.14. The highest BCUT2D eigenvalue weighted by atomic mass is 32.2. The number of esters is 1. The van der Waals surface area contributed by atoms with Crippen molar-refractivity contribution in [2.24, 2.45) is 0 Å². The molecule has 0 fully saturated rings. The van der Waals surface area contributed by atoms with E-state index in [1.807, 2.05) is 11.8 Å². The molecule has 0 rings (SSSR count). The van der Waals surface area contributed by atoms with Crippen LogP contribution in [0, 0.1) is 0 Å². The number of rotatable bonds is 6. The van der Waals surface area contributed by atoms with Crippen LogP contribution in [0.15, 0.2) is 0 Å². The van der Waals surface area contributed by atoms with E-state index in [4.69, 9.17) is 0 Å². The number of carbonyl (C=O) groups is 1. The fourth-order valence-corrected chi connectivity index (χ4v) is 2.45. The smallest absolute Gasteiger partial charge is 0.306 e. The quantitative estimate of drug-likeness (QED) is 0.622. The molecule has 0 aromatic rings. The van der Waals surface area contributed by atoms with E-state index in [9.17, 15) is 4.79 Å². The molecular formula is C10H20O2S. The SMILES string of the molecule is CCC(CC)SC(C)CC(=O)OC. The first-order valence-corrected chi connectivity index (χ1v) is 5.80. The first-order valence-electron chi connectivity index (χ1n) is 4.86. The lowest BCUT2D eigenvalue weighted by Crippen LogP contribution is -2.12. The number of hydrogen-bond acceptors (Lipinski definition) is 3. The fourth-order valence-electron chi connectivity index (χ4n) is 1.18. The van der Waals surface area contributed by atoms with Gasteiger partial charge in [0.1, 0.15) is 0 Å². The summed E-state index contributed by atoms with van der Waals surface area (Å²) in [4.78, 5) is 10.9. The van der Waals surface area contributed by atoms with E-state index < -0.39 is 0 Å². The Morgan fingerprint density at radius 2 is 1.92 bits per heavy atom. The molecule has 0 bridgehead atoms. The third-order valence-electron chi connectivity index (χ3n) is 2.02. The molecule has 0 aliphatic heterocycles. The van der Waals surface area contributed by atoms with Crippen LogP contribution in [0.25, 0.3) is 0 Å². The van der Waals surface area contributed by atoms with E-state index in [0.29, 0.717) is 16.9 Å². The van der Waals surface area contributed by atoms with E-state index >= 15 is 0 Å². The Morgan fingerprint density at radius 1 is 1.38 bits per heavy atom. The summed E-state index contributed by atoms with van der Waals surface area (Å²) in [5, 5.41) is 1.05. The Balaban J connectivity index is 3.71. The average molecular weight is 204 g/mol. The van der Waals surface area contributed by atoms with Gasteiger partial charge in [-0.2, -0.15) is 11.8 Å². The Morgan fingerprint density at radius 3 is 2.31 bits per heavy atom. The Labute approximate surface area is 85.4 Å². The van der Waals surface area contributed by atoms with Gasteiger partial charge in [-0.05, 0) is 12.8 Å². The topological polar surface area (TPSA) is 26.3 Å². The predicted molar refractivity (Wildman–Crippen MR) is 58.1 cm³/mol. The maximum atomic E-state index is 10.9. The van der Waals surface area contributed by atoms with Crippen LogP contribution in [-0.2, 0) is 9.53 Å². The lowest BCUT2D eigenvalue weighted by atomic mass is 10.3. The molecule has 0 aliphatic carbocycles. The van der Waals surface area contributed by atoms with Crippen molar-refractivity contribution in [1.29, 1.82) is 0 Å². The van der Waals surface area contributed by atoms with E-state index in [-0.39, 0.29) is 5.97 Å². The van der Waals surface area contributed by atoms with Crippen LogP contribution in [0.2, 0.25) is 0 Å². The number of methoxy groups -OCH3 is 1. The summed E-state index contributed by atoms with van der Waals surface area (Å²) in [6.45, 7) is 6.46. The summed E-state index contributed by atoms with van der Waals surface area (Å²) in [5.74, 6) is -0.106. The molecular weight excluding hydrogens is 184 g/mol. The van der Waals surface area contributed by atoms with Crippen molar-refractivity contribution < 1.29 is 9.53 Å². The molecule has 1 unspecified atom stereocenters. The molecule has 0 amide bonds. The van der Waals surface area contributed by atoms with Gasteiger partial charge in [-0.25, -0.2) is 0 Å². The minimum Gasteiger partial charge on any atom is -0.469 e. The van der Waals surface area contributed by atoms with Crippen LogP contribution in [0.4, 0.5) is 0 Å². The van der Waals surface area contributed by atoms with Crippen molar-refractivity contribution in [3.63, 3.8) is 0 Å². The summed E-state index contributed by atoms with van der Waals surface area (Å²) in [5.41, 5.74) is 0. The molecule has 0 saturated carbocycles. The molecule has 78 valence electrons. The molecule has 0 aromatic heterocycles. The largest absolute Gasteiger partial charge is 0.469 e. The van der Waals surface area contributed by atoms with E-state index in [2.05, 4.69) is 25.5 Å². The highest BCUT2D eigenvalue weighted by molar-refractivity contribution is 8.00. The van der Waals surface area contributed by atoms with Gasteiger partial charge in [0.15, 0.2) is 0 Å². The summed E-state index contributed by atoms with van der Waals surface area (Å²) in [6, 6.07) is 0. The normalized spacial score (nSPS) is 13.0. The van der Waals surface area contributed by atoms with Gasteiger partial charge in [0.2, 0.25) is 0 Å². The van der Waals surface area contributed by atoms with Crippen LogP contribution in [-0.4, -0.2) is 23.6 Å². The predicted octanol–water partition coefficient (Wildman–Crippen LogP) is 2.86. The third-order valence-corrected chi connectivity index (χ3v) is 3.70. The summed E-state index contributed by atoms with van der Waals surface area (Å²) in [7, 11) is 1.44. The zero-order valence-electron chi connectivity index (χ0n) is 9.00. The van der Waals surface area contributed by atoms with Gasteiger partial charge in [-0.1, -0.05) is 20.8 Å². The number of ether oxygens (including phenoxy) is 1. The maximum absolute atomic E-state index is 10.9. The van der Waals surface area contributed by atoms with Crippen LogP contribution in [0.3, 0.4) is 0 Å².